The van der Waals surface area contributed by atoms with E-state index in [0.29, 0.717) is 43.9 Å². The van der Waals surface area contributed by atoms with Crippen LogP contribution < -0.4 is 10.1 Å². The lowest BCUT2D eigenvalue weighted by Crippen LogP contribution is -2.62. The van der Waals surface area contributed by atoms with Crippen LogP contribution in [0.4, 0.5) is 0 Å². The molecule has 4 rings (SSSR count). The first kappa shape index (κ1) is 14.5. The standard InChI is InChI=1S/C17H20N2O4/c20-15-12-4-1-2-5-13(12)23-17(18-15)7-9-19(10-8-17)16(21)14-6-3-11-22-14/h1-2,4-5,14H,3,6-11H2,(H,18,20). The van der Waals surface area contributed by atoms with Crippen LogP contribution in [-0.4, -0.2) is 48.2 Å². The van der Waals surface area contributed by atoms with E-state index in [9.17, 15) is 9.59 Å². The molecule has 0 aliphatic carbocycles. The number of para-hydroxylation sites is 1. The number of ether oxygens (including phenoxy) is 2. The van der Waals surface area contributed by atoms with Gasteiger partial charge in [0.1, 0.15) is 11.9 Å². The van der Waals surface area contributed by atoms with Gasteiger partial charge in [0, 0.05) is 32.5 Å². The number of fused-ring (bicyclic) bond motifs is 1. The Labute approximate surface area is 134 Å². The Hall–Kier alpha value is -2.08. The normalized spacial score (nSPS) is 25.7. The SMILES string of the molecule is O=C1NC2(CCN(C(=O)C3CCCO3)CC2)Oc2ccccc21. The lowest BCUT2D eigenvalue weighted by atomic mass is 9.96. The molecule has 1 aromatic carbocycles. The fraction of sp³-hybridized carbons (Fsp3) is 0.529. The smallest absolute Gasteiger partial charge is 0.258 e. The van der Waals surface area contributed by atoms with Crippen molar-refractivity contribution in [3.05, 3.63) is 29.8 Å². The topological polar surface area (TPSA) is 67.9 Å². The molecule has 2 amide bonds. The molecule has 6 nitrogen and oxygen atoms in total. The van der Waals surface area contributed by atoms with Gasteiger partial charge in [0.15, 0.2) is 5.72 Å². The molecular weight excluding hydrogens is 296 g/mol. The van der Waals surface area contributed by atoms with E-state index in [1.54, 1.807) is 6.07 Å². The molecule has 0 bridgehead atoms. The number of likely N-dealkylation sites (tertiary alicyclic amines) is 1. The van der Waals surface area contributed by atoms with Gasteiger partial charge in [0.05, 0.1) is 5.56 Å². The van der Waals surface area contributed by atoms with Crippen molar-refractivity contribution in [2.24, 2.45) is 0 Å². The Morgan fingerprint density at radius 3 is 2.78 bits per heavy atom. The number of rotatable bonds is 1. The molecule has 1 N–H and O–H groups in total. The second-order valence-corrected chi connectivity index (χ2v) is 6.37. The van der Waals surface area contributed by atoms with E-state index < -0.39 is 5.72 Å². The van der Waals surface area contributed by atoms with Gasteiger partial charge in [-0.1, -0.05) is 12.1 Å². The third kappa shape index (κ3) is 2.57. The van der Waals surface area contributed by atoms with E-state index in [0.717, 1.165) is 12.8 Å². The van der Waals surface area contributed by atoms with Gasteiger partial charge in [-0.3, -0.25) is 9.59 Å². The predicted octanol–water partition coefficient (Wildman–Crippen LogP) is 1.31. The van der Waals surface area contributed by atoms with Crippen LogP contribution in [0.5, 0.6) is 5.75 Å². The second-order valence-electron chi connectivity index (χ2n) is 6.37. The number of piperidine rings is 1. The first-order valence-electron chi connectivity index (χ1n) is 8.18. The third-order valence-corrected chi connectivity index (χ3v) is 4.87. The molecule has 0 aromatic heterocycles. The van der Waals surface area contributed by atoms with E-state index >= 15 is 0 Å². The van der Waals surface area contributed by atoms with Crippen molar-refractivity contribution in [2.45, 2.75) is 37.5 Å². The zero-order valence-corrected chi connectivity index (χ0v) is 12.9. The highest BCUT2D eigenvalue weighted by molar-refractivity contribution is 5.98. The minimum atomic E-state index is -0.696. The minimum absolute atomic E-state index is 0.0693. The molecule has 122 valence electrons. The first-order valence-corrected chi connectivity index (χ1v) is 8.18. The van der Waals surface area contributed by atoms with Gasteiger partial charge in [0.25, 0.3) is 11.8 Å². The molecule has 1 spiro atoms. The molecule has 0 saturated carbocycles. The van der Waals surface area contributed by atoms with Crippen molar-refractivity contribution in [2.75, 3.05) is 19.7 Å². The van der Waals surface area contributed by atoms with E-state index in [2.05, 4.69) is 5.32 Å². The average Bonchev–Trinajstić information content (AvgIpc) is 3.09. The number of carbonyl (C=O) groups excluding carboxylic acids is 2. The molecule has 23 heavy (non-hydrogen) atoms. The number of nitrogens with zero attached hydrogens (tertiary/aromatic N) is 1. The van der Waals surface area contributed by atoms with Crippen LogP contribution >= 0.6 is 0 Å². The summed E-state index contributed by atoms with van der Waals surface area (Å²) in [7, 11) is 0. The zero-order chi connectivity index (χ0) is 15.9. The lowest BCUT2D eigenvalue weighted by molar-refractivity contribution is -0.145. The molecule has 6 heteroatoms. The Bertz CT molecular complexity index is 631. The van der Waals surface area contributed by atoms with Crippen LogP contribution in [0.1, 0.15) is 36.0 Å². The monoisotopic (exact) mass is 316 g/mol. The highest BCUT2D eigenvalue weighted by Gasteiger charge is 2.44. The highest BCUT2D eigenvalue weighted by atomic mass is 16.5. The Morgan fingerprint density at radius 2 is 2.04 bits per heavy atom. The number of nitrogens with one attached hydrogen (secondary N) is 1. The molecular formula is C17H20N2O4. The van der Waals surface area contributed by atoms with Gasteiger partial charge in [-0.05, 0) is 25.0 Å². The summed E-state index contributed by atoms with van der Waals surface area (Å²) in [5.74, 6) is 0.584. The quantitative estimate of drug-likeness (QED) is 0.848. The number of benzene rings is 1. The summed E-state index contributed by atoms with van der Waals surface area (Å²) in [5.41, 5.74) is -0.130. The molecule has 2 fully saturated rings. The number of amides is 2. The number of hydrogen-bond acceptors (Lipinski definition) is 4. The van der Waals surface area contributed by atoms with Gasteiger partial charge < -0.3 is 19.7 Å². The molecule has 0 radical (unpaired) electrons. The van der Waals surface area contributed by atoms with Crippen molar-refractivity contribution in [3.63, 3.8) is 0 Å². The van der Waals surface area contributed by atoms with Gasteiger partial charge in [-0.25, -0.2) is 0 Å². The molecule has 3 aliphatic heterocycles. The maximum atomic E-state index is 12.4. The van der Waals surface area contributed by atoms with Gasteiger partial charge in [-0.2, -0.15) is 0 Å². The highest BCUT2D eigenvalue weighted by Crippen LogP contribution is 2.33. The van der Waals surface area contributed by atoms with Gasteiger partial charge in [-0.15, -0.1) is 0 Å². The fourth-order valence-electron chi connectivity index (χ4n) is 3.54. The van der Waals surface area contributed by atoms with Crippen molar-refractivity contribution in [1.82, 2.24) is 10.2 Å². The lowest BCUT2D eigenvalue weighted by Gasteiger charge is -2.44. The number of hydrogen-bond donors (Lipinski definition) is 1. The first-order chi connectivity index (χ1) is 11.2. The van der Waals surface area contributed by atoms with Crippen molar-refractivity contribution in [1.29, 1.82) is 0 Å². The fourth-order valence-corrected chi connectivity index (χ4v) is 3.54. The largest absolute Gasteiger partial charge is 0.467 e. The minimum Gasteiger partial charge on any atom is -0.467 e. The maximum Gasteiger partial charge on any atom is 0.258 e. The molecule has 2 saturated heterocycles. The van der Waals surface area contributed by atoms with Crippen LogP contribution in [-0.2, 0) is 9.53 Å². The van der Waals surface area contributed by atoms with E-state index in [-0.39, 0.29) is 17.9 Å². The molecule has 3 heterocycles. The summed E-state index contributed by atoms with van der Waals surface area (Å²) in [5, 5.41) is 2.99. The molecule has 3 aliphatic rings. The molecule has 1 atom stereocenters. The number of carbonyl (C=O) groups is 2. The summed E-state index contributed by atoms with van der Waals surface area (Å²) in [6.45, 7) is 1.81. The van der Waals surface area contributed by atoms with Crippen molar-refractivity contribution >= 4 is 11.8 Å². The summed E-state index contributed by atoms with van der Waals surface area (Å²) < 4.78 is 11.6. The van der Waals surface area contributed by atoms with E-state index in [4.69, 9.17) is 9.47 Å². The third-order valence-electron chi connectivity index (χ3n) is 4.87. The van der Waals surface area contributed by atoms with Crippen LogP contribution in [0.3, 0.4) is 0 Å². The Kier molecular flexibility index (Phi) is 3.49. The van der Waals surface area contributed by atoms with Gasteiger partial charge in [0.2, 0.25) is 0 Å². The van der Waals surface area contributed by atoms with Crippen LogP contribution in [0, 0.1) is 0 Å². The summed E-state index contributed by atoms with van der Waals surface area (Å²) >= 11 is 0. The molecule has 1 unspecified atom stereocenters. The molecule has 1 aromatic rings. The Balaban J connectivity index is 1.45. The van der Waals surface area contributed by atoms with E-state index in [1.807, 2.05) is 23.1 Å². The average molecular weight is 316 g/mol. The summed E-state index contributed by atoms with van der Waals surface area (Å²) in [6, 6.07) is 7.26. The summed E-state index contributed by atoms with van der Waals surface area (Å²) in [6.07, 6.45) is 2.65. The van der Waals surface area contributed by atoms with Gasteiger partial charge >= 0.3 is 0 Å². The van der Waals surface area contributed by atoms with Crippen molar-refractivity contribution < 1.29 is 19.1 Å². The predicted molar refractivity (Wildman–Crippen MR) is 82.1 cm³/mol. The second kappa shape index (κ2) is 5.53. The summed E-state index contributed by atoms with van der Waals surface area (Å²) in [4.78, 5) is 26.5. The van der Waals surface area contributed by atoms with E-state index in [1.165, 1.54) is 0 Å². The maximum absolute atomic E-state index is 12.4. The van der Waals surface area contributed by atoms with Crippen molar-refractivity contribution in [3.8, 4) is 5.75 Å². The zero-order valence-electron chi connectivity index (χ0n) is 12.9. The van der Waals surface area contributed by atoms with Crippen LogP contribution in [0.2, 0.25) is 0 Å². The van der Waals surface area contributed by atoms with Crippen LogP contribution in [0.15, 0.2) is 24.3 Å². The van der Waals surface area contributed by atoms with Crippen LogP contribution in [0.25, 0.3) is 0 Å². The Morgan fingerprint density at radius 1 is 1.26 bits per heavy atom.